The molecule has 1 amide bonds. The molecule has 2 aliphatic heterocycles. The van der Waals surface area contributed by atoms with E-state index < -0.39 is 5.41 Å². The quantitative estimate of drug-likeness (QED) is 0.722. The van der Waals surface area contributed by atoms with Crippen LogP contribution in [0.1, 0.15) is 41.6 Å². The first-order chi connectivity index (χ1) is 14.6. The van der Waals surface area contributed by atoms with Crippen molar-refractivity contribution >= 4 is 11.7 Å². The lowest BCUT2D eigenvalue weighted by Crippen LogP contribution is -2.45. The summed E-state index contributed by atoms with van der Waals surface area (Å²) >= 11 is 0. The third-order valence-corrected chi connectivity index (χ3v) is 6.52. The average Bonchev–Trinajstić information content (AvgIpc) is 3.60. The van der Waals surface area contributed by atoms with Crippen molar-refractivity contribution in [1.29, 1.82) is 0 Å². The Hall–Kier alpha value is -2.89. The van der Waals surface area contributed by atoms with Gasteiger partial charge in [0.1, 0.15) is 19.0 Å². The molecule has 2 heterocycles. The summed E-state index contributed by atoms with van der Waals surface area (Å²) in [5.74, 6) is 1.02. The molecule has 30 heavy (non-hydrogen) atoms. The number of amides is 1. The van der Waals surface area contributed by atoms with Gasteiger partial charge in [0.05, 0.1) is 5.41 Å². The van der Waals surface area contributed by atoms with Gasteiger partial charge in [0.15, 0.2) is 17.3 Å². The molecule has 1 saturated carbocycles. The molecule has 0 unspecified atom stereocenters. The number of carbonyl (C=O) groups excluding carboxylic acids is 2. The van der Waals surface area contributed by atoms with Gasteiger partial charge in [0.2, 0.25) is 5.91 Å². The molecule has 2 fully saturated rings. The molecule has 1 saturated heterocycles. The molecule has 6 heteroatoms. The zero-order valence-electron chi connectivity index (χ0n) is 16.7. The summed E-state index contributed by atoms with van der Waals surface area (Å²) in [4.78, 5) is 28.0. The molecule has 0 radical (unpaired) electrons. The van der Waals surface area contributed by atoms with E-state index in [1.54, 1.807) is 24.3 Å². The second-order valence-corrected chi connectivity index (χ2v) is 8.38. The fraction of sp³-hybridized carbons (Fsp3) is 0.417. The Balaban J connectivity index is 1.24. The van der Waals surface area contributed by atoms with Gasteiger partial charge in [-0.1, -0.05) is 12.1 Å². The largest absolute Gasteiger partial charge is 0.486 e. The fourth-order valence-corrected chi connectivity index (χ4v) is 4.62. The molecule has 1 aliphatic carbocycles. The number of Topliss-reactive ketones (excluding diaryl/α,β-unsaturated/α-hetero) is 1. The number of likely N-dealkylation sites (tertiary alicyclic amines) is 1. The van der Waals surface area contributed by atoms with Crippen molar-refractivity contribution in [3.05, 3.63) is 59.4 Å². The standard InChI is InChI=1S/C24H24FNO4/c25-19-3-1-2-18(15-19)24(8-9-24)23(28)26-10-6-16(7-11-26)22(27)17-4-5-20-21(14-17)30-13-12-29-20/h1-5,14-16H,6-13H2. The predicted molar refractivity (Wildman–Crippen MR) is 108 cm³/mol. The number of carbonyl (C=O) groups is 2. The number of rotatable bonds is 4. The van der Waals surface area contributed by atoms with Gasteiger partial charge < -0.3 is 14.4 Å². The lowest BCUT2D eigenvalue weighted by molar-refractivity contribution is -0.135. The maximum Gasteiger partial charge on any atom is 0.233 e. The number of halogens is 1. The summed E-state index contributed by atoms with van der Waals surface area (Å²) in [5.41, 5.74) is 0.818. The van der Waals surface area contributed by atoms with Crippen LogP contribution in [0.15, 0.2) is 42.5 Å². The third kappa shape index (κ3) is 3.34. The maximum atomic E-state index is 13.7. The molecule has 0 spiro atoms. The van der Waals surface area contributed by atoms with Gasteiger partial charge in [-0.25, -0.2) is 4.39 Å². The summed E-state index contributed by atoms with van der Waals surface area (Å²) in [6, 6.07) is 11.7. The van der Waals surface area contributed by atoms with Gasteiger partial charge in [0, 0.05) is 24.6 Å². The van der Waals surface area contributed by atoms with Gasteiger partial charge in [-0.3, -0.25) is 9.59 Å². The Kier molecular flexibility index (Phi) is 4.72. The molecule has 5 nitrogen and oxygen atoms in total. The Morgan fingerprint density at radius 3 is 2.40 bits per heavy atom. The number of fused-ring (bicyclic) bond motifs is 1. The Morgan fingerprint density at radius 1 is 0.967 bits per heavy atom. The van der Waals surface area contributed by atoms with Crippen LogP contribution >= 0.6 is 0 Å². The second kappa shape index (κ2) is 7.42. The summed E-state index contributed by atoms with van der Waals surface area (Å²) in [5, 5.41) is 0. The highest BCUT2D eigenvalue weighted by Gasteiger charge is 2.53. The van der Waals surface area contributed by atoms with Gasteiger partial charge >= 0.3 is 0 Å². The van der Waals surface area contributed by atoms with Gasteiger partial charge in [-0.2, -0.15) is 0 Å². The predicted octanol–water partition coefficient (Wildman–Crippen LogP) is 3.75. The molecule has 156 valence electrons. The number of piperidine rings is 1. The van der Waals surface area contributed by atoms with Crippen LogP contribution < -0.4 is 9.47 Å². The van der Waals surface area contributed by atoms with Crippen molar-refractivity contribution in [2.75, 3.05) is 26.3 Å². The van der Waals surface area contributed by atoms with Crippen molar-refractivity contribution in [3.63, 3.8) is 0 Å². The number of benzene rings is 2. The molecule has 0 bridgehead atoms. The maximum absolute atomic E-state index is 13.7. The van der Waals surface area contributed by atoms with Gasteiger partial charge in [-0.15, -0.1) is 0 Å². The molecular formula is C24H24FNO4. The van der Waals surface area contributed by atoms with E-state index in [4.69, 9.17) is 9.47 Å². The van der Waals surface area contributed by atoms with E-state index in [9.17, 15) is 14.0 Å². The monoisotopic (exact) mass is 409 g/mol. The Labute approximate surface area is 174 Å². The van der Waals surface area contributed by atoms with Crippen LogP contribution in [-0.2, 0) is 10.2 Å². The molecule has 0 aromatic heterocycles. The third-order valence-electron chi connectivity index (χ3n) is 6.52. The lowest BCUT2D eigenvalue weighted by atomic mass is 9.87. The topological polar surface area (TPSA) is 55.8 Å². The summed E-state index contributed by atoms with van der Waals surface area (Å²) in [7, 11) is 0. The van der Waals surface area contributed by atoms with E-state index in [0.29, 0.717) is 56.2 Å². The normalized spacial score (nSPS) is 20.0. The second-order valence-electron chi connectivity index (χ2n) is 8.38. The molecule has 3 aliphatic rings. The van der Waals surface area contributed by atoms with Crippen molar-refractivity contribution < 1.29 is 23.5 Å². The SMILES string of the molecule is O=C(c1ccc2c(c1)OCCO2)C1CCN(C(=O)C2(c3cccc(F)c3)CC2)CC1. The highest BCUT2D eigenvalue weighted by Crippen LogP contribution is 2.50. The van der Waals surface area contributed by atoms with Crippen molar-refractivity contribution in [2.24, 2.45) is 5.92 Å². The first kappa shape index (κ1) is 19.1. The number of ketones is 1. The lowest BCUT2D eigenvalue weighted by Gasteiger charge is -2.34. The van der Waals surface area contributed by atoms with Crippen molar-refractivity contribution in [3.8, 4) is 11.5 Å². The van der Waals surface area contributed by atoms with Crippen molar-refractivity contribution in [2.45, 2.75) is 31.1 Å². The highest BCUT2D eigenvalue weighted by atomic mass is 19.1. The molecule has 2 aromatic carbocycles. The first-order valence-electron chi connectivity index (χ1n) is 10.6. The zero-order chi connectivity index (χ0) is 20.7. The zero-order valence-corrected chi connectivity index (χ0v) is 16.7. The fourth-order valence-electron chi connectivity index (χ4n) is 4.62. The van der Waals surface area contributed by atoms with E-state index >= 15 is 0 Å². The van der Waals surface area contributed by atoms with E-state index in [1.807, 2.05) is 11.0 Å². The van der Waals surface area contributed by atoms with Gasteiger partial charge in [0.25, 0.3) is 0 Å². The first-order valence-corrected chi connectivity index (χ1v) is 10.6. The summed E-state index contributed by atoms with van der Waals surface area (Å²) in [6.45, 7) is 2.11. The molecule has 0 N–H and O–H groups in total. The summed E-state index contributed by atoms with van der Waals surface area (Å²) < 4.78 is 24.8. The number of ether oxygens (including phenoxy) is 2. The average molecular weight is 409 g/mol. The van der Waals surface area contributed by atoms with Crippen molar-refractivity contribution in [1.82, 2.24) is 4.90 Å². The number of nitrogens with zero attached hydrogens (tertiary/aromatic N) is 1. The van der Waals surface area contributed by atoms with Gasteiger partial charge in [-0.05, 0) is 61.6 Å². The highest BCUT2D eigenvalue weighted by molar-refractivity contribution is 5.99. The smallest absolute Gasteiger partial charge is 0.233 e. The number of hydrogen-bond donors (Lipinski definition) is 0. The molecule has 5 rings (SSSR count). The van der Waals surface area contributed by atoms with E-state index in [2.05, 4.69) is 0 Å². The van der Waals surface area contributed by atoms with Crippen LogP contribution in [0.25, 0.3) is 0 Å². The van der Waals surface area contributed by atoms with Crippen LogP contribution in [0, 0.1) is 11.7 Å². The van der Waals surface area contributed by atoms with E-state index in [0.717, 1.165) is 18.4 Å². The van der Waals surface area contributed by atoms with Crippen LogP contribution in [0.3, 0.4) is 0 Å². The van der Waals surface area contributed by atoms with E-state index in [-0.39, 0.29) is 23.4 Å². The van der Waals surface area contributed by atoms with Crippen LogP contribution in [0.4, 0.5) is 4.39 Å². The number of hydrogen-bond acceptors (Lipinski definition) is 4. The molecule has 2 aromatic rings. The minimum atomic E-state index is -0.575. The minimum absolute atomic E-state index is 0.0679. The molecule has 0 atom stereocenters. The van der Waals surface area contributed by atoms with Crippen LogP contribution in [-0.4, -0.2) is 42.9 Å². The Morgan fingerprint density at radius 2 is 1.70 bits per heavy atom. The summed E-state index contributed by atoms with van der Waals surface area (Å²) in [6.07, 6.45) is 2.78. The van der Waals surface area contributed by atoms with E-state index in [1.165, 1.54) is 12.1 Å². The Bertz CT molecular complexity index is 992. The van der Waals surface area contributed by atoms with Crippen LogP contribution in [0.2, 0.25) is 0 Å². The molecular weight excluding hydrogens is 385 g/mol. The van der Waals surface area contributed by atoms with Crippen LogP contribution in [0.5, 0.6) is 11.5 Å². The minimum Gasteiger partial charge on any atom is -0.486 e.